The highest BCUT2D eigenvalue weighted by molar-refractivity contribution is 6.03. The van der Waals surface area contributed by atoms with Crippen LogP contribution in [0.3, 0.4) is 0 Å². The van der Waals surface area contributed by atoms with Crippen LogP contribution < -0.4 is 0 Å². The fourth-order valence-electron chi connectivity index (χ4n) is 2.75. The number of allylic oxidation sites excluding steroid dienone is 5. The minimum absolute atomic E-state index is 0.00756. The molecule has 0 amide bonds. The summed E-state index contributed by atoms with van der Waals surface area (Å²) >= 11 is 0. The molecule has 142 valence electrons. The summed E-state index contributed by atoms with van der Waals surface area (Å²) in [6.07, 6.45) is 8.66. The molecule has 0 spiro atoms. The summed E-state index contributed by atoms with van der Waals surface area (Å²) in [7, 11) is 0. The quantitative estimate of drug-likeness (QED) is 0.338. The molecule has 0 unspecified atom stereocenters. The predicted octanol–water partition coefficient (Wildman–Crippen LogP) is 3.73. The van der Waals surface area contributed by atoms with E-state index < -0.39 is 5.60 Å². The van der Waals surface area contributed by atoms with Gasteiger partial charge in [-0.15, -0.1) is 0 Å². The zero-order chi connectivity index (χ0) is 19.0. The number of hydrogen-bond acceptors (Lipinski definition) is 4. The van der Waals surface area contributed by atoms with E-state index in [2.05, 4.69) is 13.8 Å². The van der Waals surface area contributed by atoms with Crippen molar-refractivity contribution >= 4 is 5.78 Å². The summed E-state index contributed by atoms with van der Waals surface area (Å²) in [6.45, 7) is 10.0. The van der Waals surface area contributed by atoms with Gasteiger partial charge in [0.1, 0.15) is 5.60 Å². The van der Waals surface area contributed by atoms with E-state index in [4.69, 9.17) is 9.84 Å². The molecule has 1 fully saturated rings. The summed E-state index contributed by atoms with van der Waals surface area (Å²) in [5, 5.41) is 18.6. The van der Waals surface area contributed by atoms with Crippen LogP contribution in [0.15, 0.2) is 34.9 Å². The van der Waals surface area contributed by atoms with E-state index in [-0.39, 0.29) is 25.1 Å². The van der Waals surface area contributed by atoms with E-state index in [1.165, 1.54) is 0 Å². The Balaban J connectivity index is 2.49. The van der Waals surface area contributed by atoms with Crippen molar-refractivity contribution in [3.8, 4) is 0 Å². The zero-order valence-corrected chi connectivity index (χ0v) is 16.3. The van der Waals surface area contributed by atoms with Crippen LogP contribution in [0.4, 0.5) is 0 Å². The standard InChI is InChI=1S/C21H34O4/c1-15(2)18(5)13-19(24)17(4)7-6-11-21(14-23)20(25-21)9-8-16(3)10-12-22/h7,10,13,15,20,22-23H,6,8-9,11-12,14H2,1-5H3/b16-10-,17-7+,18-13+/t20-,21+/m0/s1. The number of carbonyl (C=O) groups excluding carboxylic acids is 1. The molecular formula is C21H34O4. The van der Waals surface area contributed by atoms with Crippen LogP contribution in [-0.4, -0.2) is 40.9 Å². The van der Waals surface area contributed by atoms with Gasteiger partial charge in [-0.3, -0.25) is 4.79 Å². The molecule has 2 atom stereocenters. The van der Waals surface area contributed by atoms with Crippen molar-refractivity contribution in [2.45, 2.75) is 72.0 Å². The first kappa shape index (κ1) is 21.8. The first-order chi connectivity index (χ1) is 11.8. The Morgan fingerprint density at radius 2 is 1.88 bits per heavy atom. The molecule has 1 rings (SSSR count). The largest absolute Gasteiger partial charge is 0.393 e. The van der Waals surface area contributed by atoms with Crippen molar-refractivity contribution < 1.29 is 19.7 Å². The van der Waals surface area contributed by atoms with E-state index in [0.717, 1.165) is 29.6 Å². The number of aliphatic hydroxyl groups is 2. The minimum atomic E-state index is -0.455. The van der Waals surface area contributed by atoms with Crippen LogP contribution >= 0.6 is 0 Å². The second-order valence-electron chi connectivity index (χ2n) is 7.43. The number of hydrogen-bond donors (Lipinski definition) is 2. The maximum Gasteiger partial charge on any atom is 0.181 e. The first-order valence-corrected chi connectivity index (χ1v) is 9.20. The second kappa shape index (κ2) is 10.0. The predicted molar refractivity (Wildman–Crippen MR) is 101 cm³/mol. The van der Waals surface area contributed by atoms with Gasteiger partial charge >= 0.3 is 0 Å². The average Bonchev–Trinajstić information content (AvgIpc) is 3.26. The lowest BCUT2D eigenvalue weighted by Crippen LogP contribution is -2.20. The highest BCUT2D eigenvalue weighted by Crippen LogP contribution is 2.43. The van der Waals surface area contributed by atoms with Crippen molar-refractivity contribution in [3.63, 3.8) is 0 Å². The van der Waals surface area contributed by atoms with Crippen LogP contribution in [-0.2, 0) is 9.53 Å². The van der Waals surface area contributed by atoms with Gasteiger partial charge in [-0.25, -0.2) is 0 Å². The summed E-state index contributed by atoms with van der Waals surface area (Å²) < 4.78 is 5.75. The molecule has 0 aromatic heterocycles. The molecule has 1 saturated heterocycles. The molecule has 0 aromatic carbocycles. The number of ether oxygens (including phenoxy) is 1. The van der Waals surface area contributed by atoms with E-state index >= 15 is 0 Å². The lowest BCUT2D eigenvalue weighted by Gasteiger charge is -2.09. The highest BCUT2D eigenvalue weighted by atomic mass is 16.6. The Morgan fingerprint density at radius 3 is 2.44 bits per heavy atom. The number of ketones is 1. The number of carbonyl (C=O) groups is 1. The molecule has 2 N–H and O–H groups in total. The molecule has 0 aliphatic carbocycles. The zero-order valence-electron chi connectivity index (χ0n) is 16.3. The third kappa shape index (κ3) is 6.89. The summed E-state index contributed by atoms with van der Waals surface area (Å²) in [5.41, 5.74) is 2.51. The Morgan fingerprint density at radius 1 is 1.20 bits per heavy atom. The maximum atomic E-state index is 12.1. The molecule has 0 aromatic rings. The number of rotatable bonds is 11. The van der Waals surface area contributed by atoms with Crippen molar-refractivity contribution in [3.05, 3.63) is 34.9 Å². The van der Waals surface area contributed by atoms with Gasteiger partial charge in [0.15, 0.2) is 5.78 Å². The smallest absolute Gasteiger partial charge is 0.181 e. The van der Waals surface area contributed by atoms with Gasteiger partial charge in [-0.2, -0.15) is 0 Å². The third-order valence-electron chi connectivity index (χ3n) is 5.09. The molecule has 0 radical (unpaired) electrons. The highest BCUT2D eigenvalue weighted by Gasteiger charge is 2.54. The monoisotopic (exact) mass is 350 g/mol. The molecule has 25 heavy (non-hydrogen) atoms. The van der Waals surface area contributed by atoms with E-state index in [1.807, 2.05) is 26.8 Å². The van der Waals surface area contributed by atoms with E-state index in [0.29, 0.717) is 18.8 Å². The first-order valence-electron chi connectivity index (χ1n) is 9.20. The molecule has 1 aliphatic heterocycles. The van der Waals surface area contributed by atoms with Crippen LogP contribution in [0.2, 0.25) is 0 Å². The van der Waals surface area contributed by atoms with Crippen LogP contribution in [0, 0.1) is 5.92 Å². The van der Waals surface area contributed by atoms with Gasteiger partial charge in [-0.05, 0) is 64.0 Å². The second-order valence-corrected chi connectivity index (χ2v) is 7.43. The number of aliphatic hydroxyl groups excluding tert-OH is 2. The Kier molecular flexibility index (Phi) is 8.77. The van der Waals surface area contributed by atoms with Gasteiger partial charge in [0, 0.05) is 0 Å². The lowest BCUT2D eigenvalue weighted by molar-refractivity contribution is -0.111. The normalized spacial score (nSPS) is 24.8. The van der Waals surface area contributed by atoms with Crippen molar-refractivity contribution in [1.29, 1.82) is 0 Å². The molecule has 0 bridgehead atoms. The van der Waals surface area contributed by atoms with Gasteiger partial charge < -0.3 is 14.9 Å². The number of epoxide rings is 1. The van der Waals surface area contributed by atoms with Crippen LogP contribution in [0.25, 0.3) is 0 Å². The van der Waals surface area contributed by atoms with Crippen molar-refractivity contribution in [2.75, 3.05) is 13.2 Å². The minimum Gasteiger partial charge on any atom is -0.393 e. The lowest BCUT2D eigenvalue weighted by atomic mass is 9.95. The van der Waals surface area contributed by atoms with Gasteiger partial charge in [-0.1, -0.05) is 37.1 Å². The summed E-state index contributed by atoms with van der Waals surface area (Å²) in [5.74, 6) is 0.431. The summed E-state index contributed by atoms with van der Waals surface area (Å²) in [6, 6.07) is 0. The molecule has 1 aliphatic rings. The van der Waals surface area contributed by atoms with Crippen LogP contribution in [0.5, 0.6) is 0 Å². The molecular weight excluding hydrogens is 316 g/mol. The Hall–Kier alpha value is -1.23. The summed E-state index contributed by atoms with van der Waals surface area (Å²) in [4.78, 5) is 12.1. The van der Waals surface area contributed by atoms with E-state index in [9.17, 15) is 9.90 Å². The molecule has 4 nitrogen and oxygen atoms in total. The molecule has 1 heterocycles. The van der Waals surface area contributed by atoms with Gasteiger partial charge in [0.25, 0.3) is 0 Å². The van der Waals surface area contributed by atoms with Crippen molar-refractivity contribution in [2.24, 2.45) is 5.92 Å². The SMILES string of the molecule is C/C(=C/CO)CC[C@@H]1O[C@@]1(CO)CC/C=C(\C)C(=O)/C=C(\C)C(C)C. The molecule has 4 heteroatoms. The molecule has 0 saturated carbocycles. The Bertz CT molecular complexity index is 542. The van der Waals surface area contributed by atoms with Gasteiger partial charge in [0.2, 0.25) is 0 Å². The Labute approximate surface area is 152 Å². The maximum absolute atomic E-state index is 12.1. The fourth-order valence-corrected chi connectivity index (χ4v) is 2.75. The topological polar surface area (TPSA) is 70.1 Å². The fraction of sp³-hybridized carbons (Fsp3) is 0.667. The average molecular weight is 350 g/mol. The third-order valence-corrected chi connectivity index (χ3v) is 5.09. The van der Waals surface area contributed by atoms with E-state index in [1.54, 1.807) is 12.2 Å². The van der Waals surface area contributed by atoms with Crippen molar-refractivity contribution in [1.82, 2.24) is 0 Å². The van der Waals surface area contributed by atoms with Gasteiger partial charge in [0.05, 0.1) is 19.3 Å². The van der Waals surface area contributed by atoms with Crippen LogP contribution in [0.1, 0.15) is 60.3 Å².